The third kappa shape index (κ3) is 7.89. The van der Waals surface area contributed by atoms with Crippen molar-refractivity contribution in [2.24, 2.45) is 0 Å². The molecule has 1 aliphatic rings. The van der Waals surface area contributed by atoms with Crippen LogP contribution in [0.3, 0.4) is 0 Å². The van der Waals surface area contributed by atoms with Gasteiger partial charge in [0.1, 0.15) is 17.6 Å². The van der Waals surface area contributed by atoms with E-state index in [-0.39, 0.29) is 17.9 Å². The Hall–Kier alpha value is -3.76. The summed E-state index contributed by atoms with van der Waals surface area (Å²) >= 11 is 0. The van der Waals surface area contributed by atoms with Crippen LogP contribution in [0, 0.1) is 0 Å². The van der Waals surface area contributed by atoms with Crippen molar-refractivity contribution in [1.82, 2.24) is 14.6 Å². The van der Waals surface area contributed by atoms with Gasteiger partial charge < -0.3 is 15.0 Å². The van der Waals surface area contributed by atoms with Crippen molar-refractivity contribution in [2.45, 2.75) is 63.1 Å². The molecule has 2 heterocycles. The van der Waals surface area contributed by atoms with Crippen LogP contribution in [-0.4, -0.2) is 55.0 Å². The normalized spacial score (nSPS) is 14.0. The molecule has 0 saturated heterocycles. The maximum absolute atomic E-state index is 13.8. The van der Waals surface area contributed by atoms with Gasteiger partial charge in [0.05, 0.1) is 11.3 Å². The van der Waals surface area contributed by atoms with Crippen LogP contribution in [0.15, 0.2) is 77.7 Å². The number of sulfonamides is 1. The quantitative estimate of drug-likeness (QED) is 0.280. The van der Waals surface area contributed by atoms with Crippen molar-refractivity contribution in [2.75, 3.05) is 18.4 Å². The highest BCUT2D eigenvalue weighted by atomic mass is 32.2. The lowest BCUT2D eigenvalue weighted by Gasteiger charge is -2.33. The van der Waals surface area contributed by atoms with Crippen molar-refractivity contribution in [3.8, 4) is 0 Å². The van der Waals surface area contributed by atoms with E-state index in [1.165, 1.54) is 17.0 Å². The molecule has 0 radical (unpaired) electrons. The first-order chi connectivity index (χ1) is 19.0. The van der Waals surface area contributed by atoms with Gasteiger partial charge >= 0.3 is 5.97 Å². The maximum Gasteiger partial charge on any atom is 0.309 e. The highest BCUT2D eigenvalue weighted by molar-refractivity contribution is 7.89. The topological polar surface area (TPSA) is 118 Å². The molecule has 10 heteroatoms. The number of esters is 1. The zero-order chi connectivity index (χ0) is 28.8. The van der Waals surface area contributed by atoms with Crippen LogP contribution < -0.4 is 10.0 Å². The molecular weight excluding hydrogens is 528 g/mol. The number of carbonyl (C=O) groups excluding carboxylic acids is 2. The molecule has 1 aliphatic heterocycles. The van der Waals surface area contributed by atoms with E-state index in [4.69, 9.17) is 9.72 Å². The van der Waals surface area contributed by atoms with Gasteiger partial charge in [-0.1, -0.05) is 42.5 Å². The summed E-state index contributed by atoms with van der Waals surface area (Å²) in [6.45, 7) is 6.16. The van der Waals surface area contributed by atoms with Crippen LogP contribution in [-0.2, 0) is 32.4 Å². The number of aryl methyl sites for hydroxylation is 1. The maximum atomic E-state index is 13.8. The highest BCUT2D eigenvalue weighted by Gasteiger charge is 2.32. The lowest BCUT2D eigenvalue weighted by molar-refractivity contribution is -0.156. The van der Waals surface area contributed by atoms with Crippen molar-refractivity contribution in [3.63, 3.8) is 0 Å². The molecule has 0 aliphatic carbocycles. The minimum atomic E-state index is -4.08. The summed E-state index contributed by atoms with van der Waals surface area (Å²) < 4.78 is 34.9. The van der Waals surface area contributed by atoms with Crippen LogP contribution in [0.2, 0.25) is 0 Å². The third-order valence-corrected chi connectivity index (χ3v) is 7.82. The molecule has 1 atom stereocenters. The van der Waals surface area contributed by atoms with Gasteiger partial charge in [0, 0.05) is 30.8 Å². The Bertz CT molecular complexity index is 1420. The Kier molecular flexibility index (Phi) is 9.21. The van der Waals surface area contributed by atoms with Gasteiger partial charge in [-0.25, -0.2) is 13.4 Å². The van der Waals surface area contributed by atoms with Gasteiger partial charge in [-0.3, -0.25) is 9.59 Å². The third-order valence-electron chi connectivity index (χ3n) is 6.34. The predicted octanol–water partition coefficient (Wildman–Crippen LogP) is 4.16. The number of benzene rings is 2. The number of fused-ring (bicyclic) bond motifs is 1. The second kappa shape index (κ2) is 12.6. The molecule has 40 heavy (non-hydrogen) atoms. The summed E-state index contributed by atoms with van der Waals surface area (Å²) in [6.07, 6.45) is 0.768. The summed E-state index contributed by atoms with van der Waals surface area (Å²) in [7, 11) is -4.08. The fourth-order valence-corrected chi connectivity index (χ4v) is 5.71. The number of carbonyl (C=O) groups is 2. The summed E-state index contributed by atoms with van der Waals surface area (Å²) in [5.74, 6) is -0.212. The van der Waals surface area contributed by atoms with E-state index in [0.29, 0.717) is 12.0 Å². The number of rotatable bonds is 10. The Morgan fingerprint density at radius 3 is 2.38 bits per heavy atom. The Morgan fingerprint density at radius 2 is 1.70 bits per heavy atom. The van der Waals surface area contributed by atoms with Crippen LogP contribution in [0.1, 0.15) is 55.2 Å². The van der Waals surface area contributed by atoms with E-state index in [2.05, 4.69) is 10.0 Å². The minimum absolute atomic E-state index is 0.0266. The molecule has 9 nitrogen and oxygen atoms in total. The monoisotopic (exact) mass is 564 g/mol. The molecule has 0 bridgehead atoms. The largest absolute Gasteiger partial charge is 0.460 e. The van der Waals surface area contributed by atoms with Crippen molar-refractivity contribution in [3.05, 3.63) is 89.6 Å². The minimum Gasteiger partial charge on any atom is -0.460 e. The van der Waals surface area contributed by atoms with E-state index in [9.17, 15) is 18.0 Å². The highest BCUT2D eigenvalue weighted by Crippen LogP contribution is 2.21. The van der Waals surface area contributed by atoms with Crippen LogP contribution in [0.5, 0.6) is 0 Å². The molecular formula is C30H36N4O5S. The molecule has 212 valence electrons. The first-order valence-electron chi connectivity index (χ1n) is 13.4. The molecule has 1 aromatic heterocycles. The zero-order valence-electron chi connectivity index (χ0n) is 23.1. The Balaban J connectivity index is 1.67. The van der Waals surface area contributed by atoms with E-state index in [1.807, 2.05) is 12.1 Å². The summed E-state index contributed by atoms with van der Waals surface area (Å²) in [4.78, 5) is 32.9. The summed E-state index contributed by atoms with van der Waals surface area (Å²) in [6, 6.07) is 20.4. The van der Waals surface area contributed by atoms with E-state index in [0.717, 1.165) is 36.5 Å². The van der Waals surface area contributed by atoms with Crippen LogP contribution in [0.4, 0.5) is 5.82 Å². The first-order valence-corrected chi connectivity index (χ1v) is 14.9. The fraction of sp³-hybridized carbons (Fsp3) is 0.367. The average Bonchev–Trinajstić information content (AvgIpc) is 2.92. The number of hydrogen-bond donors (Lipinski definition) is 2. The predicted molar refractivity (Wildman–Crippen MR) is 153 cm³/mol. The van der Waals surface area contributed by atoms with Gasteiger partial charge in [-0.2, -0.15) is 4.72 Å². The number of ether oxygens (including phenoxy) is 1. The molecule has 0 unspecified atom stereocenters. The number of hydrogen-bond acceptors (Lipinski definition) is 7. The zero-order valence-corrected chi connectivity index (χ0v) is 23.9. The van der Waals surface area contributed by atoms with Gasteiger partial charge in [-0.05, 0) is 69.5 Å². The number of aromatic nitrogens is 1. The first kappa shape index (κ1) is 29.2. The molecule has 4 rings (SSSR count). The van der Waals surface area contributed by atoms with E-state index >= 15 is 0 Å². The van der Waals surface area contributed by atoms with Gasteiger partial charge in [0.15, 0.2) is 0 Å². The number of nitrogens with zero attached hydrogens (tertiary/aromatic N) is 2. The second-order valence-electron chi connectivity index (χ2n) is 10.7. The Morgan fingerprint density at radius 1 is 1.02 bits per heavy atom. The SMILES string of the molecule is CC(C)(C)OC(=O)C[C@H](NS(=O)(=O)c1ccccc1)N(CCc1ccc2c(n1)NCCC2)C(=O)c1ccccc1. The lowest BCUT2D eigenvalue weighted by Crippen LogP contribution is -2.53. The number of amides is 1. The lowest BCUT2D eigenvalue weighted by atomic mass is 10.1. The standard InChI is InChI=1S/C30H36N4O5S/c1-30(2,3)39-27(35)21-26(33-40(37,38)25-14-8-5-9-15-25)34(29(36)23-11-6-4-7-12-23)20-18-24-17-16-22-13-10-19-31-28(22)32-24/h4-9,11-12,14-17,26,33H,10,13,18-21H2,1-3H3,(H,31,32)/t26-/m1/s1. The summed E-state index contributed by atoms with van der Waals surface area (Å²) in [5, 5.41) is 3.31. The molecule has 0 saturated carbocycles. The van der Waals surface area contributed by atoms with Crippen molar-refractivity contribution < 1.29 is 22.7 Å². The van der Waals surface area contributed by atoms with Crippen molar-refractivity contribution in [1.29, 1.82) is 0 Å². The summed E-state index contributed by atoms with van der Waals surface area (Å²) in [5.41, 5.74) is 1.48. The Labute approximate surface area is 236 Å². The van der Waals surface area contributed by atoms with Crippen LogP contribution in [0.25, 0.3) is 0 Å². The number of nitrogens with one attached hydrogen (secondary N) is 2. The average molecular weight is 565 g/mol. The smallest absolute Gasteiger partial charge is 0.309 e. The number of anilines is 1. The van der Waals surface area contributed by atoms with Crippen molar-refractivity contribution >= 4 is 27.7 Å². The van der Waals surface area contributed by atoms with Gasteiger partial charge in [0.2, 0.25) is 10.0 Å². The second-order valence-corrected chi connectivity index (χ2v) is 12.4. The van der Waals surface area contributed by atoms with Gasteiger partial charge in [-0.15, -0.1) is 0 Å². The van der Waals surface area contributed by atoms with Gasteiger partial charge in [0.25, 0.3) is 5.91 Å². The molecule has 0 fully saturated rings. The van der Waals surface area contributed by atoms with Crippen LogP contribution >= 0.6 is 0 Å². The number of pyridine rings is 1. The molecule has 2 aromatic carbocycles. The molecule has 1 amide bonds. The fourth-order valence-electron chi connectivity index (χ4n) is 4.49. The molecule has 0 spiro atoms. The molecule has 2 N–H and O–H groups in total. The van der Waals surface area contributed by atoms with E-state index < -0.39 is 33.7 Å². The molecule has 3 aromatic rings. The van der Waals surface area contributed by atoms with E-state index in [1.54, 1.807) is 69.3 Å².